The van der Waals surface area contributed by atoms with E-state index in [2.05, 4.69) is 24.1 Å². The average Bonchev–Trinajstić information content (AvgIpc) is 3.23. The molecular formula is C24H34F3N3O3. The SMILES string of the molecule is CO[C@H]1COCC[C@H]1NC1CC[C@@](C(=O)N2CCc3ncc(C(F)(F)F)cc3C2)(C(C)C)C1. The molecule has 0 aromatic carbocycles. The molecule has 1 aromatic heterocycles. The summed E-state index contributed by atoms with van der Waals surface area (Å²) in [5.74, 6) is 0.186. The molecule has 3 heterocycles. The Morgan fingerprint density at radius 3 is 2.85 bits per heavy atom. The number of halogens is 3. The molecule has 1 aromatic rings. The van der Waals surface area contributed by atoms with Crippen LogP contribution in [0.1, 0.15) is 56.4 Å². The first-order chi connectivity index (χ1) is 15.6. The number of amides is 1. The van der Waals surface area contributed by atoms with Crippen LogP contribution in [0.15, 0.2) is 12.3 Å². The van der Waals surface area contributed by atoms with Gasteiger partial charge in [0.2, 0.25) is 5.91 Å². The van der Waals surface area contributed by atoms with Gasteiger partial charge >= 0.3 is 6.18 Å². The molecule has 0 spiro atoms. The van der Waals surface area contributed by atoms with E-state index in [-0.39, 0.29) is 36.6 Å². The van der Waals surface area contributed by atoms with Gasteiger partial charge in [-0.3, -0.25) is 9.78 Å². The molecule has 1 amide bonds. The lowest BCUT2D eigenvalue weighted by Gasteiger charge is -2.40. The van der Waals surface area contributed by atoms with E-state index < -0.39 is 17.2 Å². The number of ether oxygens (including phenoxy) is 2. The molecule has 0 bridgehead atoms. The summed E-state index contributed by atoms with van der Waals surface area (Å²) in [5, 5.41) is 3.72. The van der Waals surface area contributed by atoms with Crippen molar-refractivity contribution in [1.29, 1.82) is 0 Å². The smallest absolute Gasteiger partial charge is 0.379 e. The fourth-order valence-corrected chi connectivity index (χ4v) is 5.69. The summed E-state index contributed by atoms with van der Waals surface area (Å²) < 4.78 is 50.6. The van der Waals surface area contributed by atoms with Crippen molar-refractivity contribution >= 4 is 5.91 Å². The van der Waals surface area contributed by atoms with Crippen LogP contribution in [0.4, 0.5) is 13.2 Å². The van der Waals surface area contributed by atoms with Gasteiger partial charge in [0.05, 0.1) is 23.7 Å². The lowest BCUT2D eigenvalue weighted by molar-refractivity contribution is -0.146. The highest BCUT2D eigenvalue weighted by molar-refractivity contribution is 5.83. The second kappa shape index (κ2) is 9.50. The highest BCUT2D eigenvalue weighted by Crippen LogP contribution is 2.47. The molecule has 1 saturated heterocycles. The third-order valence-corrected chi connectivity index (χ3v) is 7.79. The largest absolute Gasteiger partial charge is 0.417 e. The number of nitrogens with one attached hydrogen (secondary N) is 1. The van der Waals surface area contributed by atoms with Crippen LogP contribution in [0, 0.1) is 11.3 Å². The minimum Gasteiger partial charge on any atom is -0.379 e. The maximum Gasteiger partial charge on any atom is 0.417 e. The first-order valence-electron chi connectivity index (χ1n) is 11.8. The minimum absolute atomic E-state index is 0.00238. The van der Waals surface area contributed by atoms with E-state index in [4.69, 9.17) is 9.47 Å². The molecule has 33 heavy (non-hydrogen) atoms. The molecule has 1 aliphatic carbocycles. The Labute approximate surface area is 193 Å². The third kappa shape index (κ3) is 4.91. The van der Waals surface area contributed by atoms with E-state index >= 15 is 0 Å². The van der Waals surface area contributed by atoms with Crippen LogP contribution in [0.25, 0.3) is 0 Å². The topological polar surface area (TPSA) is 63.7 Å². The van der Waals surface area contributed by atoms with Crippen LogP contribution >= 0.6 is 0 Å². The van der Waals surface area contributed by atoms with E-state index in [9.17, 15) is 18.0 Å². The van der Waals surface area contributed by atoms with Crippen molar-refractivity contribution in [3.05, 3.63) is 29.1 Å². The molecule has 184 valence electrons. The number of hydrogen-bond donors (Lipinski definition) is 1. The van der Waals surface area contributed by atoms with E-state index in [1.807, 2.05) is 0 Å². The zero-order valence-electron chi connectivity index (χ0n) is 19.6. The summed E-state index contributed by atoms with van der Waals surface area (Å²) in [4.78, 5) is 19.6. The number of aromatic nitrogens is 1. The van der Waals surface area contributed by atoms with Crippen LogP contribution in [-0.4, -0.2) is 60.8 Å². The van der Waals surface area contributed by atoms with Gasteiger partial charge in [-0.2, -0.15) is 13.2 Å². The Balaban J connectivity index is 1.48. The monoisotopic (exact) mass is 469 g/mol. The maximum atomic E-state index is 13.8. The van der Waals surface area contributed by atoms with Gasteiger partial charge in [-0.1, -0.05) is 13.8 Å². The Hall–Kier alpha value is -1.71. The zero-order chi connectivity index (χ0) is 23.8. The van der Waals surface area contributed by atoms with Gasteiger partial charge in [-0.15, -0.1) is 0 Å². The Kier molecular flexibility index (Phi) is 7.03. The average molecular weight is 470 g/mol. The van der Waals surface area contributed by atoms with Gasteiger partial charge in [0.25, 0.3) is 0 Å². The first kappa shape index (κ1) is 24.4. The summed E-state index contributed by atoms with van der Waals surface area (Å²) in [5.41, 5.74) is -0.121. The van der Waals surface area contributed by atoms with Crippen molar-refractivity contribution in [3.63, 3.8) is 0 Å². The van der Waals surface area contributed by atoms with Crippen molar-refractivity contribution in [1.82, 2.24) is 15.2 Å². The van der Waals surface area contributed by atoms with Crippen LogP contribution in [-0.2, 0) is 33.4 Å². The predicted molar refractivity (Wildman–Crippen MR) is 116 cm³/mol. The summed E-state index contributed by atoms with van der Waals surface area (Å²) in [7, 11) is 1.69. The van der Waals surface area contributed by atoms with E-state index in [0.717, 1.165) is 37.9 Å². The number of alkyl halides is 3. The summed E-state index contributed by atoms with van der Waals surface area (Å²) >= 11 is 0. The predicted octanol–water partition coefficient (Wildman–Crippen LogP) is 3.57. The summed E-state index contributed by atoms with van der Waals surface area (Å²) in [6, 6.07) is 1.55. The number of pyridine rings is 1. The fraction of sp³-hybridized carbons (Fsp3) is 0.750. The Morgan fingerprint density at radius 2 is 2.15 bits per heavy atom. The molecule has 2 fully saturated rings. The van der Waals surface area contributed by atoms with Crippen molar-refractivity contribution < 1.29 is 27.4 Å². The lowest BCUT2D eigenvalue weighted by atomic mass is 9.74. The van der Waals surface area contributed by atoms with Gasteiger partial charge in [0.1, 0.15) is 0 Å². The Bertz CT molecular complexity index is 863. The number of hydrogen-bond acceptors (Lipinski definition) is 5. The minimum atomic E-state index is -4.44. The number of methoxy groups -OCH3 is 1. The fourth-order valence-electron chi connectivity index (χ4n) is 5.69. The molecule has 9 heteroatoms. The molecule has 0 radical (unpaired) electrons. The highest BCUT2D eigenvalue weighted by atomic mass is 19.4. The van der Waals surface area contributed by atoms with Crippen molar-refractivity contribution in [2.75, 3.05) is 26.9 Å². The second-order valence-electron chi connectivity index (χ2n) is 9.97. The van der Waals surface area contributed by atoms with Gasteiger partial charge in [-0.25, -0.2) is 0 Å². The van der Waals surface area contributed by atoms with Crippen molar-refractivity contribution in [3.8, 4) is 0 Å². The first-order valence-corrected chi connectivity index (χ1v) is 11.8. The van der Waals surface area contributed by atoms with Gasteiger partial charge in [0.15, 0.2) is 0 Å². The Morgan fingerprint density at radius 1 is 1.36 bits per heavy atom. The van der Waals surface area contributed by atoms with Gasteiger partial charge < -0.3 is 19.7 Å². The number of carbonyl (C=O) groups is 1. The molecule has 4 rings (SSSR count). The molecule has 3 aliphatic rings. The lowest BCUT2D eigenvalue weighted by Crippen LogP contribution is -2.52. The van der Waals surface area contributed by atoms with Crippen molar-refractivity contribution in [2.24, 2.45) is 11.3 Å². The number of carbonyl (C=O) groups excluding carboxylic acids is 1. The second-order valence-corrected chi connectivity index (χ2v) is 9.97. The van der Waals surface area contributed by atoms with Crippen LogP contribution < -0.4 is 5.32 Å². The molecule has 1 unspecified atom stereocenters. The molecule has 4 atom stereocenters. The van der Waals surface area contributed by atoms with Crippen molar-refractivity contribution in [2.45, 2.75) is 76.9 Å². The zero-order valence-corrected chi connectivity index (χ0v) is 19.6. The molecule has 1 N–H and O–H groups in total. The summed E-state index contributed by atoms with van der Waals surface area (Å²) in [6.45, 7) is 6.09. The third-order valence-electron chi connectivity index (χ3n) is 7.79. The molecular weight excluding hydrogens is 435 g/mol. The van der Waals surface area contributed by atoms with E-state index in [1.165, 1.54) is 0 Å². The van der Waals surface area contributed by atoms with Gasteiger partial charge in [-0.05, 0) is 43.2 Å². The van der Waals surface area contributed by atoms with Crippen LogP contribution in [0.5, 0.6) is 0 Å². The standard InChI is InChI=1S/C24H34F3N3O3/c1-15(2)23(7-4-18(11-23)29-20-6-9-33-14-21(20)32-3)22(31)30-8-5-19-16(13-30)10-17(12-28-19)24(25,26)27/h10,12,15,18,20-21,29H,4-9,11,13-14H2,1-3H3/t18?,20-,21+,23+/m1/s1. The quantitative estimate of drug-likeness (QED) is 0.714. The van der Waals surface area contributed by atoms with E-state index in [0.29, 0.717) is 37.4 Å². The normalized spacial score (nSPS) is 30.5. The molecule has 2 aliphatic heterocycles. The van der Waals surface area contributed by atoms with Crippen LogP contribution in [0.2, 0.25) is 0 Å². The highest BCUT2D eigenvalue weighted by Gasteiger charge is 2.50. The number of nitrogens with zero attached hydrogens (tertiary/aromatic N) is 2. The molecule has 6 nitrogen and oxygen atoms in total. The van der Waals surface area contributed by atoms with E-state index in [1.54, 1.807) is 12.0 Å². The summed E-state index contributed by atoms with van der Waals surface area (Å²) in [6.07, 6.45) is 0.180. The maximum absolute atomic E-state index is 13.8. The number of fused-ring (bicyclic) bond motifs is 1. The van der Waals surface area contributed by atoms with Gasteiger partial charge in [0, 0.05) is 57.2 Å². The molecule has 1 saturated carbocycles. The number of rotatable bonds is 5. The van der Waals surface area contributed by atoms with Crippen LogP contribution in [0.3, 0.4) is 0 Å².